The second-order valence-electron chi connectivity index (χ2n) is 5.58. The predicted octanol–water partition coefficient (Wildman–Crippen LogP) is 1.67. The fourth-order valence-electron chi connectivity index (χ4n) is 2.04. The fraction of sp³-hybridized carbons (Fsp3) is 0.176. The summed E-state index contributed by atoms with van der Waals surface area (Å²) in [6.45, 7) is 1.74. The standard InChI is InChI=1S/C17H20N4O3S/c1-12(13-6-4-8-15(18)10-13)19-20-17(22)14-7-5-9-16(11-14)25(23,24)21(2)3/h4-11H,18H2,1-3H3,(H,20,22)/b19-12-. The van der Waals surface area contributed by atoms with Crippen molar-refractivity contribution in [3.05, 3.63) is 59.7 Å². The summed E-state index contributed by atoms with van der Waals surface area (Å²) in [5.41, 5.74) is 10.3. The molecule has 0 aliphatic carbocycles. The van der Waals surface area contributed by atoms with E-state index in [0.717, 1.165) is 9.87 Å². The molecule has 8 heteroatoms. The third kappa shape index (κ3) is 4.43. The summed E-state index contributed by atoms with van der Waals surface area (Å²) in [6.07, 6.45) is 0. The lowest BCUT2D eigenvalue weighted by Gasteiger charge is -2.12. The molecule has 2 rings (SSSR count). The molecule has 0 radical (unpaired) electrons. The van der Waals surface area contributed by atoms with Crippen molar-refractivity contribution in [2.75, 3.05) is 19.8 Å². The summed E-state index contributed by atoms with van der Waals surface area (Å²) in [4.78, 5) is 12.3. The number of hydrogen-bond acceptors (Lipinski definition) is 5. The molecule has 0 aliphatic heterocycles. The van der Waals surface area contributed by atoms with Gasteiger partial charge < -0.3 is 5.73 Å². The minimum Gasteiger partial charge on any atom is -0.399 e. The normalized spacial score (nSPS) is 12.2. The lowest BCUT2D eigenvalue weighted by molar-refractivity contribution is 0.0954. The molecule has 0 heterocycles. The molecule has 132 valence electrons. The van der Waals surface area contributed by atoms with Crippen molar-refractivity contribution in [2.24, 2.45) is 5.10 Å². The number of hydrazone groups is 1. The van der Waals surface area contributed by atoms with E-state index in [4.69, 9.17) is 5.73 Å². The molecule has 0 unspecified atom stereocenters. The number of hydrogen-bond donors (Lipinski definition) is 2. The fourth-order valence-corrected chi connectivity index (χ4v) is 2.98. The van der Waals surface area contributed by atoms with Crippen LogP contribution < -0.4 is 11.2 Å². The summed E-state index contributed by atoms with van der Waals surface area (Å²) < 4.78 is 25.4. The van der Waals surface area contributed by atoms with Gasteiger partial charge in [0.2, 0.25) is 10.0 Å². The van der Waals surface area contributed by atoms with Crippen molar-refractivity contribution >= 4 is 27.3 Å². The van der Waals surface area contributed by atoms with Crippen LogP contribution in [0.5, 0.6) is 0 Å². The number of carbonyl (C=O) groups excluding carboxylic acids is 1. The highest BCUT2D eigenvalue weighted by atomic mass is 32.2. The highest BCUT2D eigenvalue weighted by molar-refractivity contribution is 7.89. The van der Waals surface area contributed by atoms with E-state index < -0.39 is 15.9 Å². The Kier molecular flexibility index (Phi) is 5.55. The van der Waals surface area contributed by atoms with Crippen LogP contribution in [0.25, 0.3) is 0 Å². The lowest BCUT2D eigenvalue weighted by Crippen LogP contribution is -2.23. The zero-order valence-electron chi connectivity index (χ0n) is 14.2. The highest BCUT2D eigenvalue weighted by Gasteiger charge is 2.18. The van der Waals surface area contributed by atoms with Crippen LogP contribution in [0.1, 0.15) is 22.8 Å². The van der Waals surface area contributed by atoms with Gasteiger partial charge >= 0.3 is 0 Å². The zero-order chi connectivity index (χ0) is 18.6. The van der Waals surface area contributed by atoms with Crippen molar-refractivity contribution in [3.8, 4) is 0 Å². The highest BCUT2D eigenvalue weighted by Crippen LogP contribution is 2.15. The van der Waals surface area contributed by atoms with Crippen molar-refractivity contribution in [3.63, 3.8) is 0 Å². The maximum atomic E-state index is 12.2. The zero-order valence-corrected chi connectivity index (χ0v) is 15.0. The first-order valence-corrected chi connectivity index (χ1v) is 8.89. The van der Waals surface area contributed by atoms with Gasteiger partial charge in [-0.3, -0.25) is 4.79 Å². The molecule has 0 saturated carbocycles. The molecule has 2 aromatic carbocycles. The summed E-state index contributed by atoms with van der Waals surface area (Å²) in [5, 5.41) is 4.04. The molecule has 25 heavy (non-hydrogen) atoms. The average molecular weight is 360 g/mol. The number of anilines is 1. The third-order valence-corrected chi connectivity index (χ3v) is 5.32. The first-order chi connectivity index (χ1) is 11.7. The van der Waals surface area contributed by atoms with Crippen molar-refractivity contribution in [1.29, 1.82) is 0 Å². The molecule has 0 atom stereocenters. The molecule has 0 fully saturated rings. The Hall–Kier alpha value is -2.71. The molecular weight excluding hydrogens is 340 g/mol. The quantitative estimate of drug-likeness (QED) is 0.481. The van der Waals surface area contributed by atoms with Gasteiger partial charge in [-0.25, -0.2) is 18.1 Å². The second-order valence-corrected chi connectivity index (χ2v) is 7.73. The van der Waals surface area contributed by atoms with E-state index in [1.807, 2.05) is 6.07 Å². The van der Waals surface area contributed by atoms with E-state index in [1.165, 1.54) is 38.4 Å². The Morgan fingerprint density at radius 3 is 2.36 bits per heavy atom. The molecule has 7 nitrogen and oxygen atoms in total. The van der Waals surface area contributed by atoms with Crippen LogP contribution in [0.3, 0.4) is 0 Å². The number of nitrogen functional groups attached to an aromatic ring is 1. The maximum absolute atomic E-state index is 12.2. The molecule has 2 aromatic rings. The molecule has 3 N–H and O–H groups in total. The molecule has 0 aliphatic rings. The van der Waals surface area contributed by atoms with Crippen LogP contribution >= 0.6 is 0 Å². The number of nitrogens with two attached hydrogens (primary N) is 1. The van der Waals surface area contributed by atoms with Gasteiger partial charge in [0, 0.05) is 25.3 Å². The molecular formula is C17H20N4O3S. The minimum absolute atomic E-state index is 0.0432. The van der Waals surface area contributed by atoms with Crippen molar-refractivity contribution < 1.29 is 13.2 Å². The number of benzene rings is 2. The van der Waals surface area contributed by atoms with E-state index in [0.29, 0.717) is 11.4 Å². The molecule has 0 spiro atoms. The molecule has 1 amide bonds. The Labute approximate surface area is 147 Å². The average Bonchev–Trinajstić information content (AvgIpc) is 2.59. The largest absolute Gasteiger partial charge is 0.399 e. The van der Waals surface area contributed by atoms with Gasteiger partial charge in [-0.15, -0.1) is 0 Å². The SMILES string of the molecule is C/C(=N/NC(=O)c1cccc(S(=O)(=O)N(C)C)c1)c1cccc(N)c1. The first-order valence-electron chi connectivity index (χ1n) is 7.45. The number of carbonyl (C=O) groups is 1. The van der Waals surface area contributed by atoms with E-state index in [9.17, 15) is 13.2 Å². The third-order valence-electron chi connectivity index (χ3n) is 3.50. The predicted molar refractivity (Wildman–Crippen MR) is 97.8 cm³/mol. The molecule has 0 saturated heterocycles. The Balaban J connectivity index is 2.20. The Morgan fingerprint density at radius 2 is 1.72 bits per heavy atom. The number of nitrogens with zero attached hydrogens (tertiary/aromatic N) is 2. The summed E-state index contributed by atoms with van der Waals surface area (Å²) >= 11 is 0. The van der Waals surface area contributed by atoms with Gasteiger partial charge in [0.15, 0.2) is 0 Å². The number of sulfonamides is 1. The van der Waals surface area contributed by atoms with Gasteiger partial charge in [-0.1, -0.05) is 18.2 Å². The molecule has 0 bridgehead atoms. The number of nitrogens with one attached hydrogen (secondary N) is 1. The molecule has 0 aromatic heterocycles. The maximum Gasteiger partial charge on any atom is 0.271 e. The smallest absolute Gasteiger partial charge is 0.271 e. The monoisotopic (exact) mass is 360 g/mol. The number of amides is 1. The van der Waals surface area contributed by atoms with Crippen molar-refractivity contribution in [1.82, 2.24) is 9.73 Å². The van der Waals surface area contributed by atoms with Gasteiger partial charge in [0.05, 0.1) is 10.6 Å². The van der Waals surface area contributed by atoms with E-state index in [-0.39, 0.29) is 10.5 Å². The van der Waals surface area contributed by atoms with Gasteiger partial charge in [-0.2, -0.15) is 5.10 Å². The van der Waals surface area contributed by atoms with Crippen LogP contribution in [0, 0.1) is 0 Å². The topological polar surface area (TPSA) is 105 Å². The van der Waals surface area contributed by atoms with E-state index in [2.05, 4.69) is 10.5 Å². The second kappa shape index (κ2) is 7.45. The summed E-state index contributed by atoms with van der Waals surface area (Å²) in [5.74, 6) is -0.501. The lowest BCUT2D eigenvalue weighted by atomic mass is 10.1. The van der Waals surface area contributed by atoms with Crippen molar-refractivity contribution in [2.45, 2.75) is 11.8 Å². The van der Waals surface area contributed by atoms with Crippen LogP contribution in [0.15, 0.2) is 58.5 Å². The van der Waals surface area contributed by atoms with Crippen LogP contribution in [-0.4, -0.2) is 38.4 Å². The van der Waals surface area contributed by atoms with Crippen LogP contribution in [-0.2, 0) is 10.0 Å². The Morgan fingerprint density at radius 1 is 1.08 bits per heavy atom. The Bertz CT molecular complexity index is 921. The minimum atomic E-state index is -3.61. The van der Waals surface area contributed by atoms with Gasteiger partial charge in [-0.05, 0) is 42.8 Å². The first kappa shape index (κ1) is 18.6. The summed E-state index contributed by atoms with van der Waals surface area (Å²) in [6, 6.07) is 12.9. The summed E-state index contributed by atoms with van der Waals surface area (Å²) in [7, 11) is -0.745. The van der Waals surface area contributed by atoms with Gasteiger partial charge in [0.1, 0.15) is 0 Å². The number of rotatable bonds is 5. The van der Waals surface area contributed by atoms with E-state index in [1.54, 1.807) is 25.1 Å². The van der Waals surface area contributed by atoms with Crippen LogP contribution in [0.4, 0.5) is 5.69 Å². The van der Waals surface area contributed by atoms with E-state index >= 15 is 0 Å². The van der Waals surface area contributed by atoms with Crippen LogP contribution in [0.2, 0.25) is 0 Å². The van der Waals surface area contributed by atoms with Gasteiger partial charge in [0.25, 0.3) is 5.91 Å².